The zero-order chi connectivity index (χ0) is 17.5. The fourth-order valence-electron chi connectivity index (χ4n) is 2.98. The van der Waals surface area contributed by atoms with Crippen molar-refractivity contribution in [3.05, 3.63) is 24.3 Å². The van der Waals surface area contributed by atoms with E-state index in [1.165, 1.54) is 7.11 Å². The molecular formula is C18H26N2O4. The molecule has 1 N–H and O–H groups in total. The summed E-state index contributed by atoms with van der Waals surface area (Å²) in [6.45, 7) is 3.17. The maximum atomic E-state index is 12.8. The number of hydrogen-bond donors (Lipinski definition) is 1. The highest BCUT2D eigenvalue weighted by Crippen LogP contribution is 2.22. The molecule has 0 radical (unpaired) electrons. The Morgan fingerprint density at radius 1 is 1.29 bits per heavy atom. The van der Waals surface area contributed by atoms with Crippen LogP contribution in [0, 0.1) is 5.92 Å². The van der Waals surface area contributed by atoms with E-state index in [-0.39, 0.29) is 23.8 Å². The summed E-state index contributed by atoms with van der Waals surface area (Å²) < 4.78 is 10.0. The van der Waals surface area contributed by atoms with Gasteiger partial charge in [-0.2, -0.15) is 0 Å². The summed E-state index contributed by atoms with van der Waals surface area (Å²) in [5.41, 5.74) is 0.860. The number of anilines is 1. The molecule has 24 heavy (non-hydrogen) atoms. The van der Waals surface area contributed by atoms with Gasteiger partial charge in [0.1, 0.15) is 11.8 Å². The second kappa shape index (κ2) is 8.57. The maximum absolute atomic E-state index is 12.8. The number of piperidine rings is 1. The third kappa shape index (κ3) is 4.40. The van der Waals surface area contributed by atoms with Crippen molar-refractivity contribution in [3.8, 4) is 5.75 Å². The van der Waals surface area contributed by atoms with Gasteiger partial charge in [0.15, 0.2) is 0 Å². The summed E-state index contributed by atoms with van der Waals surface area (Å²) in [5.74, 6) is 0.555. The van der Waals surface area contributed by atoms with Gasteiger partial charge in [-0.05, 0) is 31.4 Å². The molecule has 0 aromatic heterocycles. The SMILES string of the molecule is CCC(Nc1cccc(OC)c1)C(=O)N1CCC(C(=O)OC)CC1. The van der Waals surface area contributed by atoms with E-state index in [2.05, 4.69) is 5.32 Å². The minimum atomic E-state index is -0.285. The molecule has 132 valence electrons. The van der Waals surface area contributed by atoms with Gasteiger partial charge in [-0.3, -0.25) is 9.59 Å². The van der Waals surface area contributed by atoms with Crippen molar-refractivity contribution >= 4 is 17.6 Å². The lowest BCUT2D eigenvalue weighted by Crippen LogP contribution is -2.47. The number of carbonyl (C=O) groups excluding carboxylic acids is 2. The predicted molar refractivity (Wildman–Crippen MR) is 92.0 cm³/mol. The average molecular weight is 334 g/mol. The van der Waals surface area contributed by atoms with E-state index in [4.69, 9.17) is 9.47 Å². The van der Waals surface area contributed by atoms with E-state index >= 15 is 0 Å². The molecule has 0 aliphatic carbocycles. The van der Waals surface area contributed by atoms with E-state index in [0.717, 1.165) is 11.4 Å². The maximum Gasteiger partial charge on any atom is 0.308 e. The number of methoxy groups -OCH3 is 2. The first kappa shape index (κ1) is 18.1. The lowest BCUT2D eigenvalue weighted by atomic mass is 9.96. The number of rotatable bonds is 6. The van der Waals surface area contributed by atoms with Crippen LogP contribution in [-0.4, -0.2) is 50.1 Å². The second-order valence-corrected chi connectivity index (χ2v) is 5.96. The lowest BCUT2D eigenvalue weighted by Gasteiger charge is -2.33. The Labute approximate surface area is 143 Å². The molecule has 1 unspecified atom stereocenters. The molecule has 6 nitrogen and oxygen atoms in total. The van der Waals surface area contributed by atoms with Crippen LogP contribution < -0.4 is 10.1 Å². The van der Waals surface area contributed by atoms with Gasteiger partial charge in [-0.15, -0.1) is 0 Å². The third-order valence-electron chi connectivity index (χ3n) is 4.46. The number of nitrogens with zero attached hydrogens (tertiary/aromatic N) is 1. The first-order chi connectivity index (χ1) is 11.6. The number of benzene rings is 1. The molecular weight excluding hydrogens is 308 g/mol. The highest BCUT2D eigenvalue weighted by atomic mass is 16.5. The molecule has 0 bridgehead atoms. The minimum Gasteiger partial charge on any atom is -0.497 e. The molecule has 1 amide bonds. The van der Waals surface area contributed by atoms with Crippen molar-refractivity contribution in [1.29, 1.82) is 0 Å². The Morgan fingerprint density at radius 3 is 2.58 bits per heavy atom. The highest BCUT2D eigenvalue weighted by Gasteiger charge is 2.30. The van der Waals surface area contributed by atoms with Crippen molar-refractivity contribution < 1.29 is 19.1 Å². The summed E-state index contributed by atoms with van der Waals surface area (Å²) in [5, 5.41) is 3.28. The highest BCUT2D eigenvalue weighted by molar-refractivity contribution is 5.85. The molecule has 1 aromatic carbocycles. The Morgan fingerprint density at radius 2 is 2.00 bits per heavy atom. The van der Waals surface area contributed by atoms with Crippen molar-refractivity contribution in [3.63, 3.8) is 0 Å². The fraction of sp³-hybridized carbons (Fsp3) is 0.556. The van der Waals surface area contributed by atoms with E-state index in [1.807, 2.05) is 36.1 Å². The van der Waals surface area contributed by atoms with E-state index in [0.29, 0.717) is 32.4 Å². The Balaban J connectivity index is 1.95. The van der Waals surface area contributed by atoms with Gasteiger partial charge in [0, 0.05) is 24.8 Å². The van der Waals surface area contributed by atoms with Gasteiger partial charge in [0.2, 0.25) is 5.91 Å². The molecule has 1 aromatic rings. The van der Waals surface area contributed by atoms with E-state index < -0.39 is 0 Å². The van der Waals surface area contributed by atoms with Gasteiger partial charge in [0.05, 0.1) is 20.1 Å². The van der Waals surface area contributed by atoms with Crippen molar-refractivity contribution in [1.82, 2.24) is 4.90 Å². The Kier molecular flexibility index (Phi) is 6.46. The monoisotopic (exact) mass is 334 g/mol. The topological polar surface area (TPSA) is 67.9 Å². The molecule has 0 saturated carbocycles. The number of amides is 1. The zero-order valence-electron chi connectivity index (χ0n) is 14.6. The van der Waals surface area contributed by atoms with Crippen molar-refractivity contribution in [2.45, 2.75) is 32.2 Å². The molecule has 1 aliphatic heterocycles. The number of nitrogens with one attached hydrogen (secondary N) is 1. The summed E-state index contributed by atoms with van der Waals surface area (Å²) in [7, 11) is 3.03. The van der Waals surface area contributed by atoms with Gasteiger partial charge in [0.25, 0.3) is 0 Å². The number of ether oxygens (including phenoxy) is 2. The van der Waals surface area contributed by atoms with Crippen LogP contribution in [0.5, 0.6) is 5.75 Å². The van der Waals surface area contributed by atoms with Crippen LogP contribution in [0.4, 0.5) is 5.69 Å². The van der Waals surface area contributed by atoms with Gasteiger partial charge in [-0.25, -0.2) is 0 Å². The number of carbonyl (C=O) groups is 2. The Bertz CT molecular complexity index is 568. The van der Waals surface area contributed by atoms with Crippen LogP contribution in [-0.2, 0) is 14.3 Å². The summed E-state index contributed by atoms with van der Waals surface area (Å²) in [4.78, 5) is 26.2. The molecule has 2 rings (SSSR count). The number of hydrogen-bond acceptors (Lipinski definition) is 5. The van der Waals surface area contributed by atoms with Gasteiger partial charge < -0.3 is 19.7 Å². The number of likely N-dealkylation sites (tertiary alicyclic amines) is 1. The smallest absolute Gasteiger partial charge is 0.308 e. The van der Waals surface area contributed by atoms with Crippen LogP contribution in [0.25, 0.3) is 0 Å². The van der Waals surface area contributed by atoms with Gasteiger partial charge >= 0.3 is 5.97 Å². The van der Waals surface area contributed by atoms with Crippen LogP contribution in [0.15, 0.2) is 24.3 Å². The van der Waals surface area contributed by atoms with Crippen molar-refractivity contribution in [2.75, 3.05) is 32.6 Å². The van der Waals surface area contributed by atoms with Gasteiger partial charge in [-0.1, -0.05) is 13.0 Å². The van der Waals surface area contributed by atoms with E-state index in [9.17, 15) is 9.59 Å². The summed E-state index contributed by atoms with van der Waals surface area (Å²) >= 11 is 0. The largest absolute Gasteiger partial charge is 0.497 e. The molecule has 0 spiro atoms. The molecule has 1 atom stereocenters. The minimum absolute atomic E-state index is 0.0728. The molecule has 1 aliphatic rings. The summed E-state index contributed by atoms with van der Waals surface area (Å²) in [6, 6.07) is 7.26. The first-order valence-electron chi connectivity index (χ1n) is 8.36. The lowest BCUT2D eigenvalue weighted by molar-refractivity contribution is -0.149. The van der Waals surface area contributed by atoms with Crippen LogP contribution in [0.1, 0.15) is 26.2 Å². The van der Waals surface area contributed by atoms with E-state index in [1.54, 1.807) is 7.11 Å². The zero-order valence-corrected chi connectivity index (χ0v) is 14.6. The number of esters is 1. The quantitative estimate of drug-likeness (QED) is 0.809. The molecule has 1 heterocycles. The van der Waals surface area contributed by atoms with Crippen LogP contribution >= 0.6 is 0 Å². The van der Waals surface area contributed by atoms with Crippen LogP contribution in [0.3, 0.4) is 0 Å². The fourth-order valence-corrected chi connectivity index (χ4v) is 2.98. The Hall–Kier alpha value is -2.24. The standard InChI is InChI=1S/C18H26N2O4/c1-4-16(19-14-6-5-7-15(12-14)23-2)17(21)20-10-8-13(9-11-20)18(22)24-3/h5-7,12-13,16,19H,4,8-11H2,1-3H3. The second-order valence-electron chi connectivity index (χ2n) is 5.96. The molecule has 1 saturated heterocycles. The van der Waals surface area contributed by atoms with Crippen molar-refractivity contribution in [2.24, 2.45) is 5.92 Å². The molecule has 1 fully saturated rings. The first-order valence-corrected chi connectivity index (χ1v) is 8.36. The molecule has 6 heteroatoms. The third-order valence-corrected chi connectivity index (χ3v) is 4.46. The normalized spacial score (nSPS) is 16.4. The summed E-state index contributed by atoms with van der Waals surface area (Å²) in [6.07, 6.45) is 2.01. The average Bonchev–Trinajstić information content (AvgIpc) is 2.65. The van der Waals surface area contributed by atoms with Crippen LogP contribution in [0.2, 0.25) is 0 Å². The predicted octanol–water partition coefficient (Wildman–Crippen LogP) is 2.30.